The van der Waals surface area contributed by atoms with Gasteiger partial charge in [0.15, 0.2) is 19.5 Å². The minimum Gasteiger partial charge on any atom is -0.497 e. The van der Waals surface area contributed by atoms with Crippen molar-refractivity contribution in [3.63, 3.8) is 0 Å². The van der Waals surface area contributed by atoms with Crippen molar-refractivity contribution in [1.82, 2.24) is 0 Å². The first kappa shape index (κ1) is 22.4. The van der Waals surface area contributed by atoms with Crippen molar-refractivity contribution >= 4 is 31.7 Å². The van der Waals surface area contributed by atoms with Gasteiger partial charge in [0.1, 0.15) is 17.8 Å². The van der Waals surface area contributed by atoms with Gasteiger partial charge < -0.3 is 18.3 Å². The summed E-state index contributed by atoms with van der Waals surface area (Å²) in [6.45, 7) is 8.68. The number of hydrogen-bond donors (Lipinski definition) is 0. The van der Waals surface area contributed by atoms with Gasteiger partial charge in [-0.3, -0.25) is 0 Å². The Labute approximate surface area is 173 Å². The van der Waals surface area contributed by atoms with Gasteiger partial charge in [0, 0.05) is 11.5 Å². The Balaban J connectivity index is 2.19. The lowest BCUT2D eigenvalue weighted by Crippen LogP contribution is -2.39. The standard InChI is InChI=1S/C22H32O4Si2/c1-22(2,21(25-27-5)26-28-6)18-11-9-16(10-12-18)7-8-17-13-19(23-3)15-20(14-17)24-4/h7-15,21H,27-28H2,1-6H3. The van der Waals surface area contributed by atoms with Crippen molar-refractivity contribution in [2.24, 2.45) is 0 Å². The van der Waals surface area contributed by atoms with Gasteiger partial charge in [0.05, 0.1) is 14.2 Å². The van der Waals surface area contributed by atoms with Crippen molar-refractivity contribution in [2.45, 2.75) is 38.6 Å². The molecule has 0 aliphatic heterocycles. The molecule has 0 N–H and O–H groups in total. The monoisotopic (exact) mass is 416 g/mol. The average Bonchev–Trinajstić information content (AvgIpc) is 2.72. The fourth-order valence-corrected chi connectivity index (χ4v) is 4.87. The highest BCUT2D eigenvalue weighted by atomic mass is 28.2. The first-order valence-corrected chi connectivity index (χ1v) is 13.7. The van der Waals surface area contributed by atoms with Gasteiger partial charge in [-0.05, 0) is 28.8 Å². The number of benzene rings is 2. The van der Waals surface area contributed by atoms with Crippen LogP contribution in [0.3, 0.4) is 0 Å². The summed E-state index contributed by atoms with van der Waals surface area (Å²) < 4.78 is 22.7. The van der Waals surface area contributed by atoms with Gasteiger partial charge in [-0.15, -0.1) is 0 Å². The topological polar surface area (TPSA) is 36.9 Å². The summed E-state index contributed by atoms with van der Waals surface area (Å²) in [5.41, 5.74) is 3.22. The fraction of sp³-hybridized carbons (Fsp3) is 0.364. The first-order valence-electron chi connectivity index (χ1n) is 9.69. The number of methoxy groups -OCH3 is 2. The van der Waals surface area contributed by atoms with E-state index in [9.17, 15) is 0 Å². The van der Waals surface area contributed by atoms with Crippen LogP contribution in [0, 0.1) is 0 Å². The molecule has 0 heterocycles. The predicted molar refractivity (Wildman–Crippen MR) is 123 cm³/mol. The van der Waals surface area contributed by atoms with E-state index in [1.54, 1.807) is 14.2 Å². The van der Waals surface area contributed by atoms with Crippen LogP contribution in [0.15, 0.2) is 42.5 Å². The molecule has 0 aliphatic rings. The molecule has 6 heteroatoms. The summed E-state index contributed by atoms with van der Waals surface area (Å²) >= 11 is 0. The fourth-order valence-electron chi connectivity index (χ4n) is 3.05. The molecule has 0 atom stereocenters. The second kappa shape index (κ2) is 10.6. The van der Waals surface area contributed by atoms with Crippen LogP contribution in [0.25, 0.3) is 12.2 Å². The summed E-state index contributed by atoms with van der Waals surface area (Å²) in [5, 5.41) is 0. The lowest BCUT2D eigenvalue weighted by Gasteiger charge is -2.35. The molecule has 0 saturated carbocycles. The molecule has 0 aliphatic carbocycles. The molecule has 4 nitrogen and oxygen atoms in total. The van der Waals surface area contributed by atoms with Gasteiger partial charge in [0.25, 0.3) is 0 Å². The van der Waals surface area contributed by atoms with Gasteiger partial charge in [-0.25, -0.2) is 0 Å². The second-order valence-corrected chi connectivity index (χ2v) is 8.89. The summed E-state index contributed by atoms with van der Waals surface area (Å²) in [6.07, 6.45) is 4.00. The molecule has 0 radical (unpaired) electrons. The first-order chi connectivity index (χ1) is 13.4. The molecule has 2 rings (SSSR count). The predicted octanol–water partition coefficient (Wildman–Crippen LogP) is 3.77. The molecule has 0 unspecified atom stereocenters. The average molecular weight is 417 g/mol. The van der Waals surface area contributed by atoms with Gasteiger partial charge in [-0.1, -0.05) is 63.4 Å². The Bertz CT molecular complexity index is 744. The molecule has 152 valence electrons. The Kier molecular flexibility index (Phi) is 8.50. The molecule has 0 amide bonds. The maximum atomic E-state index is 5.99. The Hall–Kier alpha value is -1.87. The normalized spacial score (nSPS) is 13.8. The minimum absolute atomic E-state index is 0.147. The van der Waals surface area contributed by atoms with Crippen molar-refractivity contribution in [3.8, 4) is 11.5 Å². The highest BCUT2D eigenvalue weighted by Crippen LogP contribution is 2.30. The van der Waals surface area contributed by atoms with E-state index >= 15 is 0 Å². The van der Waals surface area contributed by atoms with E-state index in [1.165, 1.54) is 5.56 Å². The maximum absolute atomic E-state index is 5.99. The molecule has 0 aromatic heterocycles. The molecule has 0 spiro atoms. The molecule has 0 fully saturated rings. The highest BCUT2D eigenvalue weighted by molar-refractivity contribution is 6.26. The SMILES string of the molecule is COc1cc(C=Cc2ccc(C(C)(C)C(O[SiH2]C)O[SiH2]C)cc2)cc(OC)c1. The smallest absolute Gasteiger partial charge is 0.161 e. The van der Waals surface area contributed by atoms with Crippen LogP contribution >= 0.6 is 0 Å². The third-order valence-electron chi connectivity index (χ3n) is 4.72. The van der Waals surface area contributed by atoms with E-state index in [4.69, 9.17) is 18.3 Å². The van der Waals surface area contributed by atoms with Gasteiger partial charge in [-0.2, -0.15) is 0 Å². The summed E-state index contributed by atoms with van der Waals surface area (Å²) in [6, 6.07) is 14.4. The minimum atomic E-state index is -0.530. The second-order valence-electron chi connectivity index (χ2n) is 7.07. The van der Waals surface area contributed by atoms with E-state index < -0.39 is 19.5 Å². The van der Waals surface area contributed by atoms with E-state index in [1.807, 2.05) is 18.2 Å². The molecule has 2 aromatic carbocycles. The number of rotatable bonds is 10. The van der Waals surface area contributed by atoms with E-state index in [0.29, 0.717) is 0 Å². The Morgan fingerprint density at radius 2 is 1.29 bits per heavy atom. The Morgan fingerprint density at radius 1 is 0.786 bits per heavy atom. The van der Waals surface area contributed by atoms with Gasteiger partial charge >= 0.3 is 0 Å². The van der Waals surface area contributed by atoms with Crippen LogP contribution in [-0.4, -0.2) is 40.0 Å². The van der Waals surface area contributed by atoms with Crippen LogP contribution in [0.1, 0.15) is 30.5 Å². The van der Waals surface area contributed by atoms with Crippen LogP contribution in [0.4, 0.5) is 0 Å². The lowest BCUT2D eigenvalue weighted by molar-refractivity contribution is -0.0433. The van der Waals surface area contributed by atoms with Crippen molar-refractivity contribution in [1.29, 1.82) is 0 Å². The lowest BCUT2D eigenvalue weighted by atomic mass is 9.83. The molecular formula is C22H32O4Si2. The molecule has 0 bridgehead atoms. The highest BCUT2D eigenvalue weighted by Gasteiger charge is 2.31. The quantitative estimate of drug-likeness (QED) is 0.336. The van der Waals surface area contributed by atoms with Crippen molar-refractivity contribution < 1.29 is 18.3 Å². The van der Waals surface area contributed by atoms with Crippen LogP contribution in [-0.2, 0) is 14.3 Å². The zero-order valence-corrected chi connectivity index (χ0v) is 20.6. The maximum Gasteiger partial charge on any atom is 0.161 e. The number of ether oxygens (including phenoxy) is 2. The summed E-state index contributed by atoms with van der Waals surface area (Å²) in [7, 11) is 2.26. The van der Waals surface area contributed by atoms with Crippen LogP contribution < -0.4 is 9.47 Å². The molecule has 28 heavy (non-hydrogen) atoms. The van der Waals surface area contributed by atoms with E-state index in [2.05, 4.69) is 63.4 Å². The largest absolute Gasteiger partial charge is 0.497 e. The molecule has 0 saturated heterocycles. The number of hydrogen-bond acceptors (Lipinski definition) is 4. The van der Waals surface area contributed by atoms with Crippen LogP contribution in [0.2, 0.25) is 13.1 Å². The van der Waals surface area contributed by atoms with Crippen LogP contribution in [0.5, 0.6) is 11.5 Å². The zero-order chi connectivity index (χ0) is 20.6. The van der Waals surface area contributed by atoms with E-state index in [-0.39, 0.29) is 11.7 Å². The Morgan fingerprint density at radius 3 is 1.75 bits per heavy atom. The zero-order valence-electron chi connectivity index (χ0n) is 17.8. The summed E-state index contributed by atoms with van der Waals surface area (Å²) in [4.78, 5) is 0. The van der Waals surface area contributed by atoms with Crippen molar-refractivity contribution in [3.05, 3.63) is 59.2 Å². The third kappa shape index (κ3) is 5.81. The van der Waals surface area contributed by atoms with Gasteiger partial charge in [0.2, 0.25) is 0 Å². The summed E-state index contributed by atoms with van der Waals surface area (Å²) in [5.74, 6) is 1.56. The molecule has 2 aromatic rings. The van der Waals surface area contributed by atoms with E-state index in [0.717, 1.165) is 22.6 Å². The van der Waals surface area contributed by atoms with Crippen molar-refractivity contribution in [2.75, 3.05) is 14.2 Å². The molecular weight excluding hydrogens is 384 g/mol. The third-order valence-corrected chi connectivity index (χ3v) is 5.99.